The Morgan fingerprint density at radius 3 is 2.72 bits per heavy atom. The summed E-state index contributed by atoms with van der Waals surface area (Å²) in [4.78, 5) is 32.1. The van der Waals surface area contributed by atoms with Gasteiger partial charge in [-0.1, -0.05) is 0 Å². The number of nitrogens with zero attached hydrogens (tertiary/aromatic N) is 7. The molecule has 47 heavy (non-hydrogen) atoms. The van der Waals surface area contributed by atoms with E-state index in [-0.39, 0.29) is 11.8 Å². The first-order chi connectivity index (χ1) is 22.6. The third kappa shape index (κ3) is 5.36. The fourth-order valence-corrected chi connectivity index (χ4v) is 6.22. The Kier molecular flexibility index (Phi) is 6.77. The van der Waals surface area contributed by atoms with E-state index >= 15 is 0 Å². The number of carbonyl (C=O) groups excluding carboxylic acids is 1. The number of rotatable bonds is 6. The van der Waals surface area contributed by atoms with Gasteiger partial charge in [0.1, 0.15) is 18.2 Å². The van der Waals surface area contributed by atoms with Gasteiger partial charge < -0.3 is 19.4 Å². The number of alkyl halides is 3. The number of aromatic nitrogens is 7. The SMILES string of the molecule is Cc1ccnc(-n2cc3c(n2)-c2cc(-c4cc(C(=O)Nc5ccc(OC(F)(F)Cl)cc5)cc5nc6n(c45)[C@H](C)COC6)cnc2C3)n1. The zero-order chi connectivity index (χ0) is 32.4. The molecule has 14 heteroatoms. The Morgan fingerprint density at radius 1 is 1.11 bits per heavy atom. The van der Waals surface area contributed by atoms with Crippen LogP contribution in [0, 0.1) is 6.92 Å². The highest BCUT2D eigenvalue weighted by Crippen LogP contribution is 2.40. The summed E-state index contributed by atoms with van der Waals surface area (Å²) < 4.78 is 40.0. The van der Waals surface area contributed by atoms with Crippen LogP contribution in [0.2, 0.25) is 0 Å². The van der Waals surface area contributed by atoms with Gasteiger partial charge in [-0.15, -0.1) is 8.78 Å². The van der Waals surface area contributed by atoms with Crippen LogP contribution in [0.3, 0.4) is 0 Å². The van der Waals surface area contributed by atoms with Crippen molar-refractivity contribution in [3.8, 4) is 34.1 Å². The molecule has 0 spiro atoms. The monoisotopic (exact) mass is 654 g/mol. The van der Waals surface area contributed by atoms with Crippen molar-refractivity contribution in [1.82, 2.24) is 34.3 Å². The minimum absolute atomic E-state index is 0.0160. The predicted molar refractivity (Wildman–Crippen MR) is 169 cm³/mol. The van der Waals surface area contributed by atoms with Gasteiger partial charge >= 0.3 is 5.57 Å². The molecule has 1 aliphatic carbocycles. The third-order valence-corrected chi connectivity index (χ3v) is 8.25. The molecule has 1 atom stereocenters. The zero-order valence-corrected chi connectivity index (χ0v) is 25.8. The summed E-state index contributed by atoms with van der Waals surface area (Å²) in [7, 11) is 0. The van der Waals surface area contributed by atoms with E-state index in [1.54, 1.807) is 16.9 Å². The number of ether oxygens (including phenoxy) is 2. The summed E-state index contributed by atoms with van der Waals surface area (Å²) in [6.45, 7) is 4.84. The second-order valence-corrected chi connectivity index (χ2v) is 12.0. The average Bonchev–Trinajstić information content (AvgIpc) is 3.72. The molecule has 1 N–H and O–H groups in total. The van der Waals surface area contributed by atoms with Crippen molar-refractivity contribution in [1.29, 1.82) is 0 Å². The predicted octanol–water partition coefficient (Wildman–Crippen LogP) is 6.47. The number of fused-ring (bicyclic) bond motifs is 6. The Balaban J connectivity index is 1.19. The lowest BCUT2D eigenvalue weighted by molar-refractivity contribution is -0.0964. The summed E-state index contributed by atoms with van der Waals surface area (Å²) in [5.41, 5.74) is 4.44. The van der Waals surface area contributed by atoms with Crippen molar-refractivity contribution in [3.05, 3.63) is 95.5 Å². The Bertz CT molecular complexity index is 2210. The van der Waals surface area contributed by atoms with Crippen LogP contribution in [0.25, 0.3) is 39.4 Å². The van der Waals surface area contributed by atoms with Crippen molar-refractivity contribution >= 4 is 34.2 Å². The van der Waals surface area contributed by atoms with Crippen LogP contribution >= 0.6 is 11.6 Å². The summed E-state index contributed by atoms with van der Waals surface area (Å²) in [5, 5.41) is 7.65. The highest BCUT2D eigenvalue weighted by atomic mass is 35.5. The highest BCUT2D eigenvalue weighted by Gasteiger charge is 2.29. The molecule has 0 fully saturated rings. The van der Waals surface area contributed by atoms with E-state index in [9.17, 15) is 13.6 Å². The number of nitrogens with one attached hydrogen (secondary N) is 1. The van der Waals surface area contributed by atoms with E-state index < -0.39 is 11.5 Å². The van der Waals surface area contributed by atoms with Gasteiger partial charge in [0.05, 0.1) is 35.1 Å². The number of anilines is 1. The molecule has 4 aromatic heterocycles. The third-order valence-electron chi connectivity index (χ3n) is 8.17. The van der Waals surface area contributed by atoms with Crippen LogP contribution in [0.5, 0.6) is 5.75 Å². The zero-order valence-electron chi connectivity index (χ0n) is 25.0. The molecule has 1 aliphatic heterocycles. The Labute approximate surface area is 271 Å². The van der Waals surface area contributed by atoms with Gasteiger partial charge in [-0.3, -0.25) is 9.78 Å². The molecule has 2 aliphatic rings. The van der Waals surface area contributed by atoms with Crippen molar-refractivity contribution in [2.75, 3.05) is 11.9 Å². The van der Waals surface area contributed by atoms with Gasteiger partial charge in [0.2, 0.25) is 0 Å². The lowest BCUT2D eigenvalue weighted by Gasteiger charge is -2.23. The maximum absolute atomic E-state index is 13.6. The average molecular weight is 655 g/mol. The summed E-state index contributed by atoms with van der Waals surface area (Å²) in [6.07, 6.45) is 6.08. The lowest BCUT2D eigenvalue weighted by atomic mass is 9.99. The minimum atomic E-state index is -3.84. The van der Waals surface area contributed by atoms with Crippen LogP contribution in [0.4, 0.5) is 14.5 Å². The largest absolute Gasteiger partial charge is 0.487 e. The number of halogens is 3. The van der Waals surface area contributed by atoms with Gasteiger partial charge in [-0.2, -0.15) is 5.10 Å². The number of carbonyl (C=O) groups is 1. The second kappa shape index (κ2) is 10.9. The standard InChI is InChI=1S/C33H25ClF2N8O3/c1-17-7-8-37-32(39-17)43-14-21-12-26-25(29(21)42-43)10-20(13-38-26)24-9-19(11-27-30(24)44-18(2)15-46-16-28(44)41-27)31(45)40-22-3-5-23(6-4-22)47-33(34,35)36/h3-11,13-14,18H,12,15-16H2,1-2H3,(H,40,45)/t18-/m1/s1. The second-order valence-electron chi connectivity index (χ2n) is 11.5. The molecule has 0 radical (unpaired) electrons. The molecule has 1 amide bonds. The fourth-order valence-electron chi connectivity index (χ4n) is 6.13. The molecule has 5 heterocycles. The molecule has 11 nitrogen and oxygen atoms in total. The Morgan fingerprint density at radius 2 is 1.94 bits per heavy atom. The van der Waals surface area contributed by atoms with Crippen LogP contribution < -0.4 is 10.1 Å². The topological polar surface area (TPSA) is 122 Å². The maximum atomic E-state index is 13.6. The first kappa shape index (κ1) is 29.2. The number of hydrogen-bond acceptors (Lipinski definition) is 8. The normalized spacial score (nSPS) is 15.3. The number of aryl methyl sites for hydroxylation is 1. The van der Waals surface area contributed by atoms with Crippen LogP contribution in [-0.2, 0) is 17.8 Å². The van der Waals surface area contributed by atoms with Crippen LogP contribution in [0.15, 0.2) is 67.1 Å². The van der Waals surface area contributed by atoms with Gasteiger partial charge in [-0.25, -0.2) is 19.6 Å². The van der Waals surface area contributed by atoms with E-state index in [1.807, 2.05) is 37.5 Å². The molecule has 6 aromatic rings. The molecule has 8 rings (SSSR count). The number of pyridine rings is 1. The molecule has 0 unspecified atom stereocenters. The lowest BCUT2D eigenvalue weighted by Crippen LogP contribution is -2.21. The first-order valence-corrected chi connectivity index (χ1v) is 15.2. The minimum Gasteiger partial charge on any atom is -0.420 e. The van der Waals surface area contributed by atoms with Crippen molar-refractivity contribution in [2.24, 2.45) is 0 Å². The molecular weight excluding hydrogens is 630 g/mol. The van der Waals surface area contributed by atoms with Crippen LogP contribution in [-0.4, -0.2) is 52.4 Å². The quantitative estimate of drug-likeness (QED) is 0.203. The Hall–Kier alpha value is -5.27. The summed E-state index contributed by atoms with van der Waals surface area (Å²) in [6, 6.07) is 12.9. The first-order valence-electron chi connectivity index (χ1n) is 14.8. The van der Waals surface area contributed by atoms with Gasteiger partial charge in [-0.05, 0) is 62.4 Å². The molecule has 0 saturated carbocycles. The molecule has 0 bridgehead atoms. The van der Waals surface area contributed by atoms with Crippen molar-refractivity contribution < 1.29 is 23.0 Å². The summed E-state index contributed by atoms with van der Waals surface area (Å²) >= 11 is 4.86. The summed E-state index contributed by atoms with van der Waals surface area (Å²) in [5.74, 6) is 0.701. The van der Waals surface area contributed by atoms with Crippen LogP contribution in [0.1, 0.15) is 46.1 Å². The maximum Gasteiger partial charge on any atom is 0.487 e. The molecule has 2 aromatic carbocycles. The van der Waals surface area contributed by atoms with Gasteiger partial charge in [0, 0.05) is 75.8 Å². The van der Waals surface area contributed by atoms with Crippen molar-refractivity contribution in [3.63, 3.8) is 0 Å². The van der Waals surface area contributed by atoms with E-state index in [1.165, 1.54) is 24.3 Å². The van der Waals surface area contributed by atoms with Gasteiger partial charge in [0.25, 0.3) is 11.9 Å². The van der Waals surface area contributed by atoms with E-state index in [0.29, 0.717) is 42.4 Å². The van der Waals surface area contributed by atoms with E-state index in [4.69, 9.17) is 31.4 Å². The smallest absolute Gasteiger partial charge is 0.420 e. The number of amides is 1. The molecular formula is C33H25ClF2N8O3. The van der Waals surface area contributed by atoms with E-state index in [2.05, 4.69) is 31.5 Å². The molecule has 0 saturated heterocycles. The number of hydrogen-bond donors (Lipinski definition) is 1. The fraction of sp³-hybridized carbons (Fsp3) is 0.212. The number of imidazole rings is 1. The van der Waals surface area contributed by atoms with Crippen molar-refractivity contribution in [2.45, 2.75) is 38.5 Å². The van der Waals surface area contributed by atoms with E-state index in [0.717, 1.165) is 50.7 Å². The number of benzene rings is 2. The molecule has 236 valence electrons. The highest BCUT2D eigenvalue weighted by molar-refractivity contribution is 6.20. The van der Waals surface area contributed by atoms with Gasteiger partial charge in [0.15, 0.2) is 0 Å².